The number of fused-ring (bicyclic) bond motifs is 1. The van der Waals surface area contributed by atoms with E-state index in [2.05, 4.69) is 13.8 Å². The Bertz CT molecular complexity index is 1260. The van der Waals surface area contributed by atoms with Crippen LogP contribution in [0.25, 0.3) is 11.0 Å². The van der Waals surface area contributed by atoms with Gasteiger partial charge in [-0.1, -0.05) is 44.5 Å². The van der Waals surface area contributed by atoms with E-state index in [0.29, 0.717) is 29.0 Å². The molecule has 4 rings (SSSR count). The van der Waals surface area contributed by atoms with Crippen molar-refractivity contribution in [2.24, 2.45) is 11.8 Å². The zero-order valence-electron chi connectivity index (χ0n) is 20.9. The molecule has 2 amide bonds. The quantitative estimate of drug-likeness (QED) is 0.393. The Morgan fingerprint density at radius 1 is 1.03 bits per heavy atom. The van der Waals surface area contributed by atoms with Gasteiger partial charge in [-0.05, 0) is 55.0 Å². The van der Waals surface area contributed by atoms with Crippen molar-refractivity contribution >= 4 is 22.8 Å². The van der Waals surface area contributed by atoms with E-state index in [9.17, 15) is 18.8 Å². The van der Waals surface area contributed by atoms with E-state index in [4.69, 9.17) is 4.42 Å². The minimum atomic E-state index is -0.363. The Morgan fingerprint density at radius 3 is 2.42 bits per heavy atom. The molecule has 1 heterocycles. The number of rotatable bonds is 10. The predicted molar refractivity (Wildman–Crippen MR) is 137 cm³/mol. The van der Waals surface area contributed by atoms with Gasteiger partial charge in [-0.3, -0.25) is 14.4 Å². The van der Waals surface area contributed by atoms with Gasteiger partial charge in [-0.25, -0.2) is 4.39 Å². The third kappa shape index (κ3) is 6.20. The summed E-state index contributed by atoms with van der Waals surface area (Å²) in [7, 11) is 0. The summed E-state index contributed by atoms with van der Waals surface area (Å²) in [5.74, 6) is -0.208. The fraction of sp³-hybridized carbons (Fsp3) is 0.414. The van der Waals surface area contributed by atoms with Crippen LogP contribution in [0.4, 0.5) is 4.39 Å². The molecule has 0 saturated heterocycles. The zero-order chi connectivity index (χ0) is 25.7. The van der Waals surface area contributed by atoms with Crippen LogP contribution < -0.4 is 5.43 Å². The standard InChI is InChI=1S/C29H33FN2O4/c1-20(2)14-15-31(29(35)22-6-5-7-22)18-27(33)32(16-21-10-12-24(30)13-11-21)17-23-19-36-26-9-4-3-8-25(26)28(23)34/h3-4,8-13,19-20,22H,5-7,14-18H2,1-2H3. The van der Waals surface area contributed by atoms with Crippen LogP contribution in [-0.2, 0) is 22.7 Å². The molecule has 1 aliphatic carbocycles. The Balaban J connectivity index is 1.59. The highest BCUT2D eigenvalue weighted by Gasteiger charge is 2.31. The van der Waals surface area contributed by atoms with E-state index in [1.54, 1.807) is 46.2 Å². The summed E-state index contributed by atoms with van der Waals surface area (Å²) in [6, 6.07) is 12.9. The molecule has 0 radical (unpaired) electrons. The molecule has 0 spiro atoms. The van der Waals surface area contributed by atoms with Gasteiger partial charge >= 0.3 is 0 Å². The smallest absolute Gasteiger partial charge is 0.242 e. The van der Waals surface area contributed by atoms with E-state index in [0.717, 1.165) is 31.2 Å². The van der Waals surface area contributed by atoms with E-state index < -0.39 is 0 Å². The average Bonchev–Trinajstić information content (AvgIpc) is 2.83. The van der Waals surface area contributed by atoms with Gasteiger partial charge in [0.2, 0.25) is 11.8 Å². The topological polar surface area (TPSA) is 70.8 Å². The molecule has 0 N–H and O–H groups in total. The molecule has 190 valence electrons. The van der Waals surface area contributed by atoms with Crippen LogP contribution in [0, 0.1) is 17.7 Å². The van der Waals surface area contributed by atoms with Crippen molar-refractivity contribution in [3.8, 4) is 0 Å². The fourth-order valence-corrected chi connectivity index (χ4v) is 4.33. The lowest BCUT2D eigenvalue weighted by atomic mass is 9.84. The molecule has 7 heteroatoms. The predicted octanol–water partition coefficient (Wildman–Crippen LogP) is 5.14. The summed E-state index contributed by atoms with van der Waals surface area (Å²) in [5.41, 5.74) is 1.36. The number of benzene rings is 2. The highest BCUT2D eigenvalue weighted by atomic mass is 19.1. The van der Waals surface area contributed by atoms with E-state index >= 15 is 0 Å². The van der Waals surface area contributed by atoms with Crippen LogP contribution in [0.15, 0.2) is 64.0 Å². The first-order valence-corrected chi connectivity index (χ1v) is 12.6. The van der Waals surface area contributed by atoms with Gasteiger partial charge in [-0.15, -0.1) is 0 Å². The van der Waals surface area contributed by atoms with Gasteiger partial charge in [0, 0.05) is 19.0 Å². The van der Waals surface area contributed by atoms with Crippen molar-refractivity contribution < 1.29 is 18.4 Å². The van der Waals surface area contributed by atoms with Crippen molar-refractivity contribution in [3.05, 3.63) is 82.0 Å². The van der Waals surface area contributed by atoms with Gasteiger partial charge in [0.15, 0.2) is 5.43 Å². The lowest BCUT2D eigenvalue weighted by molar-refractivity contribution is -0.145. The number of amides is 2. The maximum Gasteiger partial charge on any atom is 0.242 e. The first kappa shape index (κ1) is 25.6. The van der Waals surface area contributed by atoms with Crippen molar-refractivity contribution in [1.29, 1.82) is 0 Å². The number of carbonyl (C=O) groups excluding carboxylic acids is 2. The highest BCUT2D eigenvalue weighted by molar-refractivity contribution is 5.86. The first-order chi connectivity index (χ1) is 17.3. The molecule has 0 unspecified atom stereocenters. The summed E-state index contributed by atoms with van der Waals surface area (Å²) in [5, 5.41) is 0.447. The first-order valence-electron chi connectivity index (χ1n) is 12.6. The molecule has 1 saturated carbocycles. The molecular weight excluding hydrogens is 459 g/mol. The molecular formula is C29H33FN2O4. The summed E-state index contributed by atoms with van der Waals surface area (Å²) < 4.78 is 19.1. The van der Waals surface area contributed by atoms with E-state index in [1.165, 1.54) is 18.4 Å². The maximum atomic E-state index is 13.6. The van der Waals surface area contributed by atoms with Crippen molar-refractivity contribution in [3.63, 3.8) is 0 Å². The molecule has 0 bridgehead atoms. The van der Waals surface area contributed by atoms with Crippen LogP contribution in [0.5, 0.6) is 0 Å². The van der Waals surface area contributed by atoms with Crippen molar-refractivity contribution in [2.75, 3.05) is 13.1 Å². The van der Waals surface area contributed by atoms with Crippen molar-refractivity contribution in [2.45, 2.75) is 52.6 Å². The number of hydrogen-bond acceptors (Lipinski definition) is 4. The molecule has 0 atom stereocenters. The normalized spacial score (nSPS) is 13.6. The summed E-state index contributed by atoms with van der Waals surface area (Å²) >= 11 is 0. The fourth-order valence-electron chi connectivity index (χ4n) is 4.33. The Hall–Kier alpha value is -3.48. The second-order valence-electron chi connectivity index (χ2n) is 10.0. The van der Waals surface area contributed by atoms with Gasteiger partial charge < -0.3 is 14.2 Å². The molecule has 1 fully saturated rings. The van der Waals surface area contributed by atoms with Crippen LogP contribution in [0.1, 0.15) is 50.7 Å². The third-order valence-electron chi connectivity index (χ3n) is 6.82. The monoisotopic (exact) mass is 492 g/mol. The van der Waals surface area contributed by atoms with Gasteiger partial charge in [0.25, 0.3) is 0 Å². The molecule has 1 aliphatic rings. The van der Waals surface area contributed by atoms with Gasteiger partial charge in [0.05, 0.1) is 30.3 Å². The second kappa shape index (κ2) is 11.5. The Morgan fingerprint density at radius 2 is 1.75 bits per heavy atom. The highest BCUT2D eigenvalue weighted by Crippen LogP contribution is 2.28. The molecule has 0 aliphatic heterocycles. The third-order valence-corrected chi connectivity index (χ3v) is 6.82. The van der Waals surface area contributed by atoms with Gasteiger partial charge in [-0.2, -0.15) is 0 Å². The average molecular weight is 493 g/mol. The minimum Gasteiger partial charge on any atom is -0.464 e. The lowest BCUT2D eigenvalue weighted by Gasteiger charge is -2.33. The molecule has 36 heavy (non-hydrogen) atoms. The van der Waals surface area contributed by atoms with Crippen LogP contribution in [0.2, 0.25) is 0 Å². The number of hydrogen-bond donors (Lipinski definition) is 0. The number of nitrogens with zero attached hydrogens (tertiary/aromatic N) is 2. The summed E-state index contributed by atoms with van der Waals surface area (Å²) in [6.45, 7) is 4.85. The molecule has 1 aromatic heterocycles. The number of carbonyl (C=O) groups is 2. The zero-order valence-corrected chi connectivity index (χ0v) is 20.9. The van der Waals surface area contributed by atoms with Crippen LogP contribution in [0.3, 0.4) is 0 Å². The number of para-hydroxylation sites is 1. The van der Waals surface area contributed by atoms with E-state index in [-0.39, 0.29) is 48.6 Å². The van der Waals surface area contributed by atoms with E-state index in [1.807, 2.05) is 0 Å². The summed E-state index contributed by atoms with van der Waals surface area (Å²) in [4.78, 5) is 43.0. The molecule has 2 aromatic carbocycles. The molecule has 6 nitrogen and oxygen atoms in total. The molecule has 3 aromatic rings. The van der Waals surface area contributed by atoms with Crippen molar-refractivity contribution in [1.82, 2.24) is 9.80 Å². The van der Waals surface area contributed by atoms with Crippen LogP contribution >= 0.6 is 0 Å². The largest absolute Gasteiger partial charge is 0.464 e. The van der Waals surface area contributed by atoms with Crippen LogP contribution in [-0.4, -0.2) is 34.7 Å². The number of halogens is 1. The second-order valence-corrected chi connectivity index (χ2v) is 10.0. The minimum absolute atomic E-state index is 0.0111. The SMILES string of the molecule is CC(C)CCN(CC(=O)N(Cc1ccc(F)cc1)Cc1coc2ccccc2c1=O)C(=O)C1CCC1. The van der Waals surface area contributed by atoms with Gasteiger partial charge in [0.1, 0.15) is 11.4 Å². The Labute approximate surface area is 210 Å². The lowest BCUT2D eigenvalue weighted by Crippen LogP contribution is -2.46. The maximum absolute atomic E-state index is 13.6. The summed E-state index contributed by atoms with van der Waals surface area (Å²) in [6.07, 6.45) is 4.96. The Kier molecular flexibility index (Phi) is 8.18.